The zero-order valence-electron chi connectivity index (χ0n) is 17.5. The molecule has 5 heteroatoms. The lowest BCUT2D eigenvalue weighted by atomic mass is 9.96. The van der Waals surface area contributed by atoms with Gasteiger partial charge in [0, 0.05) is 28.9 Å². The van der Waals surface area contributed by atoms with Crippen LogP contribution < -0.4 is 0 Å². The number of nitrogens with zero attached hydrogens (tertiary/aromatic N) is 5. The number of aromatic nitrogens is 5. The van der Waals surface area contributed by atoms with Crippen molar-refractivity contribution in [1.29, 1.82) is 0 Å². The summed E-state index contributed by atoms with van der Waals surface area (Å²) in [7, 11) is 0. The summed E-state index contributed by atoms with van der Waals surface area (Å²) in [4.78, 5) is 18.1. The van der Waals surface area contributed by atoms with E-state index in [1.807, 2.05) is 24.5 Å². The minimum Gasteiger partial charge on any atom is -0.299 e. The number of aryl methyl sites for hydroxylation is 2. The van der Waals surface area contributed by atoms with Crippen LogP contribution in [0.4, 0.5) is 0 Å². The van der Waals surface area contributed by atoms with Crippen LogP contribution in [0.1, 0.15) is 37.7 Å². The van der Waals surface area contributed by atoms with Crippen LogP contribution in [0.3, 0.4) is 0 Å². The maximum atomic E-state index is 4.70. The van der Waals surface area contributed by atoms with Gasteiger partial charge >= 0.3 is 0 Å². The Kier molecular flexibility index (Phi) is 4.74. The highest BCUT2D eigenvalue weighted by molar-refractivity contribution is 5.68. The lowest BCUT2D eigenvalue weighted by Gasteiger charge is -2.16. The molecule has 4 aromatic rings. The molecule has 2 aromatic heterocycles. The minimum atomic E-state index is -0.131. The van der Waals surface area contributed by atoms with Gasteiger partial charge in [-0.2, -0.15) is 0 Å². The fourth-order valence-corrected chi connectivity index (χ4v) is 3.48. The maximum absolute atomic E-state index is 4.70. The van der Waals surface area contributed by atoms with Crippen molar-refractivity contribution in [2.75, 3.05) is 0 Å². The first-order valence-corrected chi connectivity index (χ1v) is 9.75. The van der Waals surface area contributed by atoms with Gasteiger partial charge in [-0.1, -0.05) is 57.2 Å². The number of benzene rings is 2. The summed E-state index contributed by atoms with van der Waals surface area (Å²) in [5.74, 6) is 2.36. The Morgan fingerprint density at radius 2 is 1.52 bits per heavy atom. The fourth-order valence-electron chi connectivity index (χ4n) is 3.48. The quantitative estimate of drug-likeness (QED) is 0.481. The third kappa shape index (κ3) is 3.68. The van der Waals surface area contributed by atoms with Crippen LogP contribution in [0.5, 0.6) is 0 Å². The number of hydrogen-bond acceptors (Lipinski definition) is 4. The van der Waals surface area contributed by atoms with E-state index in [0.29, 0.717) is 5.82 Å². The summed E-state index contributed by atoms with van der Waals surface area (Å²) in [5.41, 5.74) is 5.44. The molecule has 5 nitrogen and oxygen atoms in total. The van der Waals surface area contributed by atoms with Crippen molar-refractivity contribution in [2.24, 2.45) is 0 Å². The first-order valence-electron chi connectivity index (χ1n) is 9.75. The highest BCUT2D eigenvalue weighted by Crippen LogP contribution is 2.28. The minimum absolute atomic E-state index is 0.131. The first kappa shape index (κ1) is 19.0. The van der Waals surface area contributed by atoms with E-state index in [1.54, 1.807) is 6.33 Å². The van der Waals surface area contributed by atoms with Gasteiger partial charge in [0.25, 0.3) is 0 Å². The van der Waals surface area contributed by atoms with Crippen molar-refractivity contribution in [3.05, 3.63) is 78.1 Å². The SMILES string of the molecule is Cc1cccc(C)c1-n1ccnc1-c1cccc(-c2ncnc(C(C)(C)C)n2)c1. The largest absolute Gasteiger partial charge is 0.299 e. The molecule has 2 heterocycles. The second-order valence-corrected chi connectivity index (χ2v) is 8.32. The maximum Gasteiger partial charge on any atom is 0.163 e. The molecule has 0 fully saturated rings. The van der Waals surface area contributed by atoms with Crippen LogP contribution in [0.25, 0.3) is 28.5 Å². The average molecular weight is 383 g/mol. The van der Waals surface area contributed by atoms with Crippen molar-refractivity contribution in [3.63, 3.8) is 0 Å². The third-order valence-electron chi connectivity index (χ3n) is 4.94. The van der Waals surface area contributed by atoms with E-state index in [9.17, 15) is 0 Å². The second kappa shape index (κ2) is 7.24. The van der Waals surface area contributed by atoms with Crippen molar-refractivity contribution in [2.45, 2.75) is 40.0 Å². The van der Waals surface area contributed by atoms with Gasteiger partial charge < -0.3 is 0 Å². The molecule has 0 aliphatic heterocycles. The van der Waals surface area contributed by atoms with Gasteiger partial charge in [-0.3, -0.25) is 4.57 Å². The number of hydrogen-bond donors (Lipinski definition) is 0. The van der Waals surface area contributed by atoms with Gasteiger partial charge in [-0.25, -0.2) is 19.9 Å². The predicted molar refractivity (Wildman–Crippen MR) is 116 cm³/mol. The summed E-state index contributed by atoms with van der Waals surface area (Å²) in [5, 5.41) is 0. The molecule has 0 aliphatic carbocycles. The second-order valence-electron chi connectivity index (χ2n) is 8.32. The molecule has 0 aliphatic rings. The van der Waals surface area contributed by atoms with E-state index < -0.39 is 0 Å². The van der Waals surface area contributed by atoms with Gasteiger partial charge in [-0.05, 0) is 31.0 Å². The summed E-state index contributed by atoms with van der Waals surface area (Å²) in [6.07, 6.45) is 5.44. The van der Waals surface area contributed by atoms with Gasteiger partial charge in [-0.15, -0.1) is 0 Å². The van der Waals surface area contributed by atoms with Gasteiger partial charge in [0.2, 0.25) is 0 Å². The van der Waals surface area contributed by atoms with Crippen molar-refractivity contribution < 1.29 is 0 Å². The zero-order valence-corrected chi connectivity index (χ0v) is 17.5. The molecule has 0 saturated carbocycles. The summed E-state index contributed by atoms with van der Waals surface area (Å²) >= 11 is 0. The topological polar surface area (TPSA) is 56.5 Å². The molecule has 2 aromatic carbocycles. The summed E-state index contributed by atoms with van der Waals surface area (Å²) in [6, 6.07) is 14.5. The Hall–Kier alpha value is -3.34. The lowest BCUT2D eigenvalue weighted by molar-refractivity contribution is 0.542. The third-order valence-corrected chi connectivity index (χ3v) is 4.94. The molecule has 0 radical (unpaired) electrons. The van der Waals surface area contributed by atoms with E-state index in [-0.39, 0.29) is 5.41 Å². The fraction of sp³-hybridized carbons (Fsp3) is 0.250. The van der Waals surface area contributed by atoms with E-state index in [2.05, 4.69) is 84.5 Å². The van der Waals surface area contributed by atoms with Gasteiger partial charge in [0.15, 0.2) is 5.82 Å². The molecular formula is C24H25N5. The smallest absolute Gasteiger partial charge is 0.163 e. The van der Waals surface area contributed by atoms with E-state index in [4.69, 9.17) is 4.98 Å². The van der Waals surface area contributed by atoms with Crippen LogP contribution in [-0.2, 0) is 5.41 Å². The Morgan fingerprint density at radius 1 is 0.828 bits per heavy atom. The van der Waals surface area contributed by atoms with E-state index in [1.165, 1.54) is 16.8 Å². The molecule has 0 unspecified atom stereocenters. The van der Waals surface area contributed by atoms with Gasteiger partial charge in [0.1, 0.15) is 18.0 Å². The molecule has 4 rings (SSSR count). The van der Waals surface area contributed by atoms with Crippen LogP contribution in [0, 0.1) is 13.8 Å². The van der Waals surface area contributed by atoms with E-state index in [0.717, 1.165) is 22.8 Å². The number of para-hydroxylation sites is 1. The normalized spacial score (nSPS) is 11.6. The molecule has 0 bridgehead atoms. The van der Waals surface area contributed by atoms with Crippen LogP contribution in [0.15, 0.2) is 61.2 Å². The number of imidazole rings is 1. The summed E-state index contributed by atoms with van der Waals surface area (Å²) in [6.45, 7) is 10.6. The lowest BCUT2D eigenvalue weighted by Crippen LogP contribution is -2.16. The van der Waals surface area contributed by atoms with Crippen molar-refractivity contribution in [3.8, 4) is 28.5 Å². The predicted octanol–water partition coefficient (Wildman–Crippen LogP) is 5.31. The molecule has 146 valence electrons. The first-order chi connectivity index (χ1) is 13.8. The molecule has 0 atom stereocenters. The molecule has 29 heavy (non-hydrogen) atoms. The Bertz CT molecular complexity index is 1150. The standard InChI is InChI=1S/C24H25N5/c1-16-8-6-9-17(2)20(16)29-13-12-25-22(29)19-11-7-10-18(14-19)21-26-15-27-23(28-21)24(3,4)5/h6-15H,1-5H3. The average Bonchev–Trinajstić information content (AvgIpc) is 3.17. The van der Waals surface area contributed by atoms with E-state index >= 15 is 0 Å². The van der Waals surface area contributed by atoms with Crippen LogP contribution >= 0.6 is 0 Å². The van der Waals surface area contributed by atoms with Crippen molar-refractivity contribution in [1.82, 2.24) is 24.5 Å². The van der Waals surface area contributed by atoms with Gasteiger partial charge in [0.05, 0.1) is 5.69 Å². The molecule has 0 N–H and O–H groups in total. The van der Waals surface area contributed by atoms with Crippen molar-refractivity contribution >= 4 is 0 Å². The Balaban J connectivity index is 1.80. The Morgan fingerprint density at radius 3 is 2.24 bits per heavy atom. The summed E-state index contributed by atoms with van der Waals surface area (Å²) < 4.78 is 2.15. The molecule has 0 amide bonds. The van der Waals surface area contributed by atoms with Crippen LogP contribution in [0.2, 0.25) is 0 Å². The molecular weight excluding hydrogens is 358 g/mol. The molecule has 0 saturated heterocycles. The zero-order chi connectivity index (χ0) is 20.6. The number of rotatable bonds is 3. The molecule has 0 spiro atoms. The van der Waals surface area contributed by atoms with Crippen LogP contribution in [-0.4, -0.2) is 24.5 Å². The monoisotopic (exact) mass is 383 g/mol. The highest BCUT2D eigenvalue weighted by atomic mass is 15.1. The highest BCUT2D eigenvalue weighted by Gasteiger charge is 2.19. The Labute approximate surface area is 171 Å².